The molecule has 0 N–H and O–H groups in total. The molecule has 84 valence electrons. The van der Waals surface area contributed by atoms with Gasteiger partial charge in [-0.2, -0.15) is 0 Å². The molecule has 0 aromatic carbocycles. The van der Waals surface area contributed by atoms with E-state index in [9.17, 15) is 4.79 Å². The van der Waals surface area contributed by atoms with Crippen molar-refractivity contribution in [1.82, 2.24) is 0 Å². The Kier molecular flexibility index (Phi) is 10.3. The summed E-state index contributed by atoms with van der Waals surface area (Å²) in [5.74, 6) is 0.0382. The van der Waals surface area contributed by atoms with Crippen LogP contribution in [-0.2, 0) is 19.0 Å². The van der Waals surface area contributed by atoms with Gasteiger partial charge in [0.15, 0.2) is 5.78 Å². The second kappa shape index (κ2) is 10.6. The molecule has 0 aliphatic heterocycles. The Bertz CT molecular complexity index is 136. The van der Waals surface area contributed by atoms with Crippen molar-refractivity contribution in [3.63, 3.8) is 0 Å². The average Bonchev–Trinajstić information content (AvgIpc) is 2.15. The van der Waals surface area contributed by atoms with Crippen molar-refractivity contribution in [3.05, 3.63) is 0 Å². The van der Waals surface area contributed by atoms with Crippen LogP contribution in [0.1, 0.15) is 20.3 Å². The largest absolute Gasteiger partial charge is 0.379 e. The van der Waals surface area contributed by atoms with Crippen molar-refractivity contribution >= 4 is 5.78 Å². The number of ketones is 1. The van der Waals surface area contributed by atoms with Gasteiger partial charge in [0.05, 0.1) is 26.4 Å². The number of hydrogen-bond donors (Lipinski definition) is 0. The topological polar surface area (TPSA) is 44.8 Å². The Morgan fingerprint density at radius 3 is 1.93 bits per heavy atom. The van der Waals surface area contributed by atoms with Gasteiger partial charge in [-0.1, -0.05) is 6.92 Å². The van der Waals surface area contributed by atoms with Crippen molar-refractivity contribution in [2.75, 3.05) is 39.6 Å². The van der Waals surface area contributed by atoms with Gasteiger partial charge in [-0.25, -0.2) is 0 Å². The monoisotopic (exact) mass is 204 g/mol. The molecule has 0 atom stereocenters. The van der Waals surface area contributed by atoms with E-state index in [0.717, 1.165) is 13.0 Å². The molecule has 0 spiro atoms. The highest BCUT2D eigenvalue weighted by Crippen LogP contribution is 1.83. The fourth-order valence-electron chi connectivity index (χ4n) is 0.800. The van der Waals surface area contributed by atoms with Gasteiger partial charge >= 0.3 is 0 Å². The van der Waals surface area contributed by atoms with E-state index in [4.69, 9.17) is 14.2 Å². The summed E-state index contributed by atoms with van der Waals surface area (Å²) in [6.45, 7) is 6.72. The number of Topliss-reactive ketones (excluding diaryl/α,β-unsaturated/α-hetero) is 1. The molecule has 0 saturated heterocycles. The fraction of sp³-hybridized carbons (Fsp3) is 0.900. The summed E-state index contributed by atoms with van der Waals surface area (Å²) < 4.78 is 15.4. The maximum atomic E-state index is 10.5. The van der Waals surface area contributed by atoms with Gasteiger partial charge in [-0.3, -0.25) is 4.79 Å². The maximum absolute atomic E-state index is 10.5. The molecule has 0 radical (unpaired) electrons. The fourth-order valence-corrected chi connectivity index (χ4v) is 0.800. The first kappa shape index (κ1) is 13.5. The first-order valence-electron chi connectivity index (χ1n) is 5.00. The maximum Gasteiger partial charge on any atom is 0.155 e. The second-order valence-electron chi connectivity index (χ2n) is 2.98. The molecule has 0 saturated carbocycles. The lowest BCUT2D eigenvalue weighted by molar-refractivity contribution is -0.122. The van der Waals surface area contributed by atoms with E-state index in [1.807, 2.05) is 0 Å². The van der Waals surface area contributed by atoms with Crippen LogP contribution in [0.2, 0.25) is 0 Å². The molecule has 4 heteroatoms. The smallest absolute Gasteiger partial charge is 0.155 e. The Hall–Kier alpha value is -0.450. The normalized spacial score (nSPS) is 10.4. The third-order valence-corrected chi connectivity index (χ3v) is 1.40. The van der Waals surface area contributed by atoms with Gasteiger partial charge in [-0.05, 0) is 13.3 Å². The second-order valence-corrected chi connectivity index (χ2v) is 2.98. The van der Waals surface area contributed by atoms with Crippen LogP contribution in [0.15, 0.2) is 0 Å². The molecule has 0 aromatic rings. The van der Waals surface area contributed by atoms with Crippen molar-refractivity contribution in [3.8, 4) is 0 Å². The predicted molar refractivity (Wildman–Crippen MR) is 53.4 cm³/mol. The first-order valence-corrected chi connectivity index (χ1v) is 5.00. The standard InChI is InChI=1S/C10H20O4/c1-3-4-12-5-6-13-7-8-14-9-10(2)11/h3-9H2,1-2H3. The van der Waals surface area contributed by atoms with Crippen molar-refractivity contribution in [2.45, 2.75) is 20.3 Å². The van der Waals surface area contributed by atoms with Crippen molar-refractivity contribution < 1.29 is 19.0 Å². The molecule has 0 amide bonds. The van der Waals surface area contributed by atoms with Gasteiger partial charge in [0.25, 0.3) is 0 Å². The highest BCUT2D eigenvalue weighted by atomic mass is 16.5. The Morgan fingerprint density at radius 2 is 1.43 bits per heavy atom. The summed E-state index contributed by atoms with van der Waals surface area (Å²) in [4.78, 5) is 10.5. The van der Waals surface area contributed by atoms with Crippen LogP contribution in [-0.4, -0.2) is 45.4 Å². The SMILES string of the molecule is CCCOCCOCCOCC(C)=O. The van der Waals surface area contributed by atoms with Crippen LogP contribution >= 0.6 is 0 Å². The van der Waals surface area contributed by atoms with E-state index >= 15 is 0 Å². The summed E-state index contributed by atoms with van der Waals surface area (Å²) in [7, 11) is 0. The van der Waals surface area contributed by atoms with Crippen LogP contribution < -0.4 is 0 Å². The summed E-state index contributed by atoms with van der Waals surface area (Å²) >= 11 is 0. The highest BCUT2D eigenvalue weighted by Gasteiger charge is 1.93. The lowest BCUT2D eigenvalue weighted by Crippen LogP contribution is -2.12. The van der Waals surface area contributed by atoms with E-state index in [0.29, 0.717) is 26.4 Å². The molecule has 0 unspecified atom stereocenters. The molecule has 0 aromatic heterocycles. The highest BCUT2D eigenvalue weighted by molar-refractivity contribution is 5.76. The van der Waals surface area contributed by atoms with Crippen molar-refractivity contribution in [2.24, 2.45) is 0 Å². The van der Waals surface area contributed by atoms with Crippen LogP contribution in [0.25, 0.3) is 0 Å². The number of hydrogen-bond acceptors (Lipinski definition) is 4. The zero-order valence-corrected chi connectivity index (χ0v) is 9.08. The van der Waals surface area contributed by atoms with E-state index in [2.05, 4.69) is 6.92 Å². The van der Waals surface area contributed by atoms with Gasteiger partial charge in [0.2, 0.25) is 0 Å². The average molecular weight is 204 g/mol. The quantitative estimate of drug-likeness (QED) is 0.499. The molecular weight excluding hydrogens is 184 g/mol. The zero-order chi connectivity index (χ0) is 10.6. The van der Waals surface area contributed by atoms with E-state index < -0.39 is 0 Å². The Balaban J connectivity index is 2.88. The molecule has 0 heterocycles. The van der Waals surface area contributed by atoms with Gasteiger partial charge in [0.1, 0.15) is 6.61 Å². The van der Waals surface area contributed by atoms with Gasteiger partial charge in [-0.15, -0.1) is 0 Å². The number of rotatable bonds is 10. The summed E-state index contributed by atoms with van der Waals surface area (Å²) in [6.07, 6.45) is 1.03. The van der Waals surface area contributed by atoms with E-state index in [1.165, 1.54) is 6.92 Å². The Morgan fingerprint density at radius 1 is 0.929 bits per heavy atom. The minimum atomic E-state index is 0.0382. The van der Waals surface area contributed by atoms with Crippen molar-refractivity contribution in [1.29, 1.82) is 0 Å². The molecule has 0 fully saturated rings. The predicted octanol–water partition coefficient (Wildman–Crippen LogP) is 1.04. The molecule has 0 bridgehead atoms. The van der Waals surface area contributed by atoms with Crippen LogP contribution in [0.4, 0.5) is 0 Å². The lowest BCUT2D eigenvalue weighted by Gasteiger charge is -2.04. The van der Waals surface area contributed by atoms with Crippen LogP contribution in [0.3, 0.4) is 0 Å². The summed E-state index contributed by atoms with van der Waals surface area (Å²) in [5.41, 5.74) is 0. The minimum Gasteiger partial charge on any atom is -0.379 e. The van der Waals surface area contributed by atoms with Gasteiger partial charge < -0.3 is 14.2 Å². The van der Waals surface area contributed by atoms with E-state index in [1.54, 1.807) is 0 Å². The minimum absolute atomic E-state index is 0.0382. The first-order chi connectivity index (χ1) is 6.77. The third kappa shape index (κ3) is 11.6. The molecule has 0 aliphatic rings. The number of ether oxygens (including phenoxy) is 3. The Labute approximate surface area is 85.5 Å². The number of carbonyl (C=O) groups excluding carboxylic acids is 1. The number of carbonyl (C=O) groups is 1. The molecule has 0 rings (SSSR count). The molecular formula is C10H20O4. The molecule has 0 aliphatic carbocycles. The summed E-state index contributed by atoms with van der Waals surface area (Å²) in [6, 6.07) is 0. The summed E-state index contributed by atoms with van der Waals surface area (Å²) in [5, 5.41) is 0. The molecule has 4 nitrogen and oxygen atoms in total. The van der Waals surface area contributed by atoms with Crippen LogP contribution in [0, 0.1) is 0 Å². The lowest BCUT2D eigenvalue weighted by atomic mass is 10.5. The third-order valence-electron chi connectivity index (χ3n) is 1.40. The molecule has 14 heavy (non-hydrogen) atoms. The van der Waals surface area contributed by atoms with Crippen LogP contribution in [0.5, 0.6) is 0 Å². The van der Waals surface area contributed by atoms with Gasteiger partial charge in [0, 0.05) is 6.61 Å². The zero-order valence-electron chi connectivity index (χ0n) is 9.08. The van der Waals surface area contributed by atoms with E-state index in [-0.39, 0.29) is 12.4 Å².